The van der Waals surface area contributed by atoms with Gasteiger partial charge in [0.1, 0.15) is 0 Å². The normalized spacial score (nSPS) is 26.0. The lowest BCUT2D eigenvalue weighted by Gasteiger charge is -1.97. The van der Waals surface area contributed by atoms with E-state index in [0.29, 0.717) is 6.29 Å². The van der Waals surface area contributed by atoms with E-state index in [9.17, 15) is 9.59 Å². The molecule has 0 spiro atoms. The van der Waals surface area contributed by atoms with Crippen LogP contribution in [0, 0.1) is 0 Å². The lowest BCUT2D eigenvalue weighted by molar-refractivity contribution is -0.129. The van der Waals surface area contributed by atoms with E-state index in [2.05, 4.69) is 0 Å². The van der Waals surface area contributed by atoms with Crippen LogP contribution in [0.3, 0.4) is 0 Å². The maximum atomic E-state index is 10.6. The number of hydrogen-bond donors (Lipinski definition) is 0. The van der Waals surface area contributed by atoms with E-state index in [4.69, 9.17) is 0 Å². The lowest BCUT2D eigenvalue weighted by atomic mass is 10.2. The quantitative estimate of drug-likeness (QED) is 0.421. The van der Waals surface area contributed by atoms with Crippen LogP contribution in [-0.2, 0) is 9.59 Å². The van der Waals surface area contributed by atoms with Gasteiger partial charge in [-0.25, -0.2) is 0 Å². The summed E-state index contributed by atoms with van der Waals surface area (Å²) in [6.07, 6.45) is 2.40. The fourth-order valence-corrected chi connectivity index (χ4v) is 2.05. The van der Waals surface area contributed by atoms with E-state index in [1.807, 2.05) is 0 Å². The number of thioether (sulfide) groups is 1. The molecule has 0 amide bonds. The molecular weight excluding hydrogens is 136 g/mol. The van der Waals surface area contributed by atoms with Gasteiger partial charge in [0.2, 0.25) is 5.78 Å². The average molecular weight is 144 g/mol. The highest BCUT2D eigenvalue weighted by molar-refractivity contribution is 8.00. The van der Waals surface area contributed by atoms with Crippen LogP contribution in [0.25, 0.3) is 0 Å². The van der Waals surface area contributed by atoms with Crippen LogP contribution in [-0.4, -0.2) is 23.1 Å². The van der Waals surface area contributed by atoms with Crippen molar-refractivity contribution in [3.05, 3.63) is 0 Å². The van der Waals surface area contributed by atoms with Crippen molar-refractivity contribution in [2.45, 2.75) is 18.1 Å². The number of Topliss-reactive ketones (excluding diaryl/α,β-unsaturated/α-hetero) is 1. The zero-order chi connectivity index (χ0) is 6.69. The average Bonchev–Trinajstić information content (AvgIpc) is 2.37. The van der Waals surface area contributed by atoms with E-state index in [1.54, 1.807) is 11.8 Å². The van der Waals surface area contributed by atoms with Crippen molar-refractivity contribution in [2.24, 2.45) is 0 Å². The fourth-order valence-electron chi connectivity index (χ4n) is 0.878. The molecule has 9 heavy (non-hydrogen) atoms. The molecule has 0 aromatic heterocycles. The Morgan fingerprint density at radius 1 is 1.67 bits per heavy atom. The second-order valence-electron chi connectivity index (χ2n) is 2.02. The second kappa shape index (κ2) is 3.01. The van der Waals surface area contributed by atoms with Crippen molar-refractivity contribution in [1.82, 2.24) is 0 Å². The molecule has 50 valence electrons. The van der Waals surface area contributed by atoms with Gasteiger partial charge in [-0.15, -0.1) is 0 Å². The predicted octanol–water partition coefficient (Wildman–Crippen LogP) is 0.650. The minimum Gasteiger partial charge on any atom is -0.295 e. The molecule has 1 fully saturated rings. The first-order chi connectivity index (χ1) is 4.34. The van der Waals surface area contributed by atoms with Crippen molar-refractivity contribution in [3.8, 4) is 0 Å². The topological polar surface area (TPSA) is 34.1 Å². The molecule has 2 nitrogen and oxygen atoms in total. The number of carbonyl (C=O) groups excluding carboxylic acids is 2. The van der Waals surface area contributed by atoms with Crippen molar-refractivity contribution in [2.75, 3.05) is 5.75 Å². The van der Waals surface area contributed by atoms with Crippen LogP contribution >= 0.6 is 11.8 Å². The third kappa shape index (κ3) is 1.55. The molecule has 0 radical (unpaired) electrons. The Hall–Kier alpha value is -0.310. The molecule has 1 saturated heterocycles. The summed E-state index contributed by atoms with van der Waals surface area (Å²) >= 11 is 1.59. The summed E-state index contributed by atoms with van der Waals surface area (Å²) in [5.41, 5.74) is 0. The first-order valence-electron chi connectivity index (χ1n) is 2.95. The molecule has 0 N–H and O–H groups in total. The van der Waals surface area contributed by atoms with Gasteiger partial charge >= 0.3 is 0 Å². The van der Waals surface area contributed by atoms with Crippen LogP contribution in [0.1, 0.15) is 12.8 Å². The molecule has 1 unspecified atom stereocenters. The highest BCUT2D eigenvalue weighted by Crippen LogP contribution is 2.25. The van der Waals surface area contributed by atoms with Crippen molar-refractivity contribution >= 4 is 23.8 Å². The predicted molar refractivity (Wildman–Crippen MR) is 36.6 cm³/mol. The summed E-state index contributed by atoms with van der Waals surface area (Å²) in [4.78, 5) is 20.6. The number of hydrogen-bond acceptors (Lipinski definition) is 3. The minimum atomic E-state index is -0.238. The third-order valence-electron chi connectivity index (χ3n) is 1.36. The SMILES string of the molecule is O=CC(=O)C1CCCS1. The van der Waals surface area contributed by atoms with E-state index >= 15 is 0 Å². The Balaban J connectivity index is 2.41. The van der Waals surface area contributed by atoms with Gasteiger partial charge in [-0.2, -0.15) is 11.8 Å². The summed E-state index contributed by atoms with van der Waals surface area (Å²) in [5, 5.41) is -0.0116. The van der Waals surface area contributed by atoms with E-state index < -0.39 is 0 Å². The number of rotatable bonds is 2. The van der Waals surface area contributed by atoms with Gasteiger partial charge in [0.25, 0.3) is 0 Å². The monoisotopic (exact) mass is 144 g/mol. The molecule has 1 aliphatic rings. The molecule has 1 rings (SSSR count). The molecule has 0 bridgehead atoms. The smallest absolute Gasteiger partial charge is 0.208 e. The van der Waals surface area contributed by atoms with Crippen molar-refractivity contribution in [3.63, 3.8) is 0 Å². The molecule has 1 aliphatic heterocycles. The molecule has 3 heteroatoms. The van der Waals surface area contributed by atoms with Crippen LogP contribution in [0.5, 0.6) is 0 Å². The molecule has 1 atom stereocenters. The Kier molecular flexibility index (Phi) is 2.28. The van der Waals surface area contributed by atoms with Gasteiger partial charge in [0.15, 0.2) is 6.29 Å². The molecule has 0 saturated carbocycles. The highest BCUT2D eigenvalue weighted by Gasteiger charge is 2.21. The zero-order valence-electron chi connectivity index (χ0n) is 5.00. The Morgan fingerprint density at radius 2 is 2.44 bits per heavy atom. The number of ketones is 1. The van der Waals surface area contributed by atoms with E-state index in [-0.39, 0.29) is 11.0 Å². The minimum absolute atomic E-state index is 0.0116. The summed E-state index contributed by atoms with van der Waals surface area (Å²) in [5.74, 6) is 0.794. The molecule has 0 aromatic rings. The highest BCUT2D eigenvalue weighted by atomic mass is 32.2. The summed E-state index contributed by atoms with van der Waals surface area (Å²) in [7, 11) is 0. The summed E-state index contributed by atoms with van der Waals surface area (Å²) in [6.45, 7) is 0. The Morgan fingerprint density at radius 3 is 2.89 bits per heavy atom. The lowest BCUT2D eigenvalue weighted by Crippen LogP contribution is -2.14. The maximum absolute atomic E-state index is 10.6. The zero-order valence-corrected chi connectivity index (χ0v) is 5.82. The standard InChI is InChI=1S/C6H8O2S/c7-4-5(8)6-2-1-3-9-6/h4,6H,1-3H2. The number of carbonyl (C=O) groups is 2. The van der Waals surface area contributed by atoms with E-state index in [0.717, 1.165) is 18.6 Å². The molecular formula is C6H8O2S. The van der Waals surface area contributed by atoms with Gasteiger partial charge in [0, 0.05) is 0 Å². The first-order valence-corrected chi connectivity index (χ1v) is 4.00. The van der Waals surface area contributed by atoms with Crippen molar-refractivity contribution in [1.29, 1.82) is 0 Å². The van der Waals surface area contributed by atoms with Crippen LogP contribution in [0.4, 0.5) is 0 Å². The van der Waals surface area contributed by atoms with E-state index in [1.165, 1.54) is 0 Å². The van der Waals surface area contributed by atoms with Crippen molar-refractivity contribution < 1.29 is 9.59 Å². The largest absolute Gasteiger partial charge is 0.295 e. The summed E-state index contributed by atoms with van der Waals surface area (Å²) < 4.78 is 0. The van der Waals surface area contributed by atoms with Gasteiger partial charge < -0.3 is 0 Å². The molecule has 1 heterocycles. The third-order valence-corrected chi connectivity index (χ3v) is 2.76. The molecule has 0 aliphatic carbocycles. The van der Waals surface area contributed by atoms with Gasteiger partial charge in [-0.3, -0.25) is 9.59 Å². The van der Waals surface area contributed by atoms with Gasteiger partial charge in [-0.05, 0) is 18.6 Å². The fraction of sp³-hybridized carbons (Fsp3) is 0.667. The van der Waals surface area contributed by atoms with Gasteiger partial charge in [0.05, 0.1) is 5.25 Å². The van der Waals surface area contributed by atoms with Crippen LogP contribution in [0.15, 0.2) is 0 Å². The Bertz CT molecular complexity index is 127. The van der Waals surface area contributed by atoms with Crippen LogP contribution in [0.2, 0.25) is 0 Å². The maximum Gasteiger partial charge on any atom is 0.208 e. The number of aldehydes is 1. The van der Waals surface area contributed by atoms with Crippen LogP contribution < -0.4 is 0 Å². The second-order valence-corrected chi connectivity index (χ2v) is 3.33. The van der Waals surface area contributed by atoms with Gasteiger partial charge in [-0.1, -0.05) is 0 Å². The molecule has 0 aromatic carbocycles. The summed E-state index contributed by atoms with van der Waals surface area (Å²) in [6, 6.07) is 0. The Labute approximate surface area is 58.0 Å². The first kappa shape index (κ1) is 6.81.